The zero-order chi connectivity index (χ0) is 45.2. The number of rotatable bonds is 34. The van der Waals surface area contributed by atoms with Crippen LogP contribution in [0.4, 0.5) is 0 Å². The van der Waals surface area contributed by atoms with Gasteiger partial charge in [0.05, 0.1) is 0 Å². The monoisotopic (exact) mass is 883 g/mol. The van der Waals surface area contributed by atoms with Crippen LogP contribution in [0.1, 0.15) is 242 Å². The smallest absolute Gasteiger partial charge is 0.0808 e. The topological polar surface area (TPSA) is 0 Å². The summed E-state index contributed by atoms with van der Waals surface area (Å²) < 4.78 is 0. The molecule has 0 spiro atoms. The molecule has 0 bridgehead atoms. The molecule has 2 unspecified atom stereocenters. The van der Waals surface area contributed by atoms with Gasteiger partial charge in [-0.25, -0.2) is 0 Å². The second kappa shape index (κ2) is 29.9. The maximum Gasteiger partial charge on any atom is 0.151 e. The maximum absolute atomic E-state index is 2.85. The van der Waals surface area contributed by atoms with E-state index in [1.54, 1.807) is 48.9 Å². The van der Waals surface area contributed by atoms with Gasteiger partial charge >= 0.3 is 0 Å². The lowest BCUT2D eigenvalue weighted by molar-refractivity contribution is 0.552. The Morgan fingerprint density at radius 3 is 0.766 bits per heavy atom. The van der Waals surface area contributed by atoms with Gasteiger partial charge in [-0.2, -0.15) is 0 Å². The number of fused-ring (bicyclic) bond motifs is 1. The van der Waals surface area contributed by atoms with Gasteiger partial charge in [-0.1, -0.05) is 236 Å². The molecule has 0 saturated heterocycles. The first-order valence-electron chi connectivity index (χ1n) is 28.2. The van der Waals surface area contributed by atoms with E-state index in [2.05, 4.69) is 120 Å². The molecule has 5 rings (SSSR count). The molecule has 1 fully saturated rings. The summed E-state index contributed by atoms with van der Waals surface area (Å²) in [7, 11) is -2.66. The van der Waals surface area contributed by atoms with Crippen LogP contribution < -0.4 is 15.6 Å². The summed E-state index contributed by atoms with van der Waals surface area (Å²) in [6.45, 7) is 14.2. The van der Waals surface area contributed by atoms with Gasteiger partial charge in [-0.3, -0.25) is 0 Å². The molecule has 0 nitrogen and oxygen atoms in total. The summed E-state index contributed by atoms with van der Waals surface area (Å²) in [5.41, 5.74) is 10.5. The molecule has 2 atom stereocenters. The number of unbranched alkanes of at least 4 members (excludes halogenated alkanes) is 18. The Kier molecular flexibility index (Phi) is 24.4. The SMILES string of the molecule is CCCCCCc1cc(CCCCCC)cc([Si](c2cc(CCCCCC)cc(CCCCCC)c2)(c2cc(CCCCCC)cc(CCCCCC)c2)C2CC3C=CC=CC3C2)c1. The summed E-state index contributed by atoms with van der Waals surface area (Å²) in [5.74, 6) is 1.31. The van der Waals surface area contributed by atoms with Gasteiger partial charge in [-0.05, 0) is 156 Å². The van der Waals surface area contributed by atoms with Crippen LogP contribution in [0.3, 0.4) is 0 Å². The van der Waals surface area contributed by atoms with E-state index in [0.29, 0.717) is 17.4 Å². The van der Waals surface area contributed by atoms with Gasteiger partial charge in [0, 0.05) is 0 Å². The number of benzene rings is 3. The molecule has 0 heterocycles. The van der Waals surface area contributed by atoms with Crippen LogP contribution in [0.15, 0.2) is 78.9 Å². The molecule has 0 N–H and O–H groups in total. The predicted octanol–water partition coefficient (Wildman–Crippen LogP) is 17.4. The van der Waals surface area contributed by atoms with Gasteiger partial charge in [-0.15, -0.1) is 0 Å². The van der Waals surface area contributed by atoms with Crippen molar-refractivity contribution >= 4 is 23.6 Å². The van der Waals surface area contributed by atoms with Gasteiger partial charge in [0.2, 0.25) is 0 Å². The minimum atomic E-state index is -2.66. The van der Waals surface area contributed by atoms with Crippen LogP contribution in [0, 0.1) is 11.8 Å². The van der Waals surface area contributed by atoms with Crippen molar-refractivity contribution in [2.45, 2.75) is 253 Å². The molecular weight excluding hydrogens is 785 g/mol. The minimum absolute atomic E-state index is 0.657. The lowest BCUT2D eigenvalue weighted by Gasteiger charge is -2.41. The molecule has 354 valence electrons. The molecule has 1 saturated carbocycles. The third-order valence-corrected chi connectivity index (χ3v) is 20.8. The third-order valence-electron chi connectivity index (χ3n) is 15.5. The third kappa shape index (κ3) is 16.0. The van der Waals surface area contributed by atoms with Crippen LogP contribution >= 0.6 is 0 Å². The average molecular weight is 884 g/mol. The Hall–Kier alpha value is -2.64. The van der Waals surface area contributed by atoms with Crippen molar-refractivity contribution in [2.75, 3.05) is 0 Å². The largest absolute Gasteiger partial charge is 0.151 e. The Morgan fingerprint density at radius 1 is 0.312 bits per heavy atom. The first-order chi connectivity index (χ1) is 31.5. The van der Waals surface area contributed by atoms with Crippen molar-refractivity contribution in [3.63, 3.8) is 0 Å². The van der Waals surface area contributed by atoms with Crippen molar-refractivity contribution < 1.29 is 0 Å². The molecule has 3 aromatic carbocycles. The first kappa shape index (κ1) is 52.3. The van der Waals surface area contributed by atoms with Crippen molar-refractivity contribution in [1.82, 2.24) is 0 Å². The van der Waals surface area contributed by atoms with E-state index in [4.69, 9.17) is 0 Å². The second-order valence-corrected chi connectivity index (χ2v) is 25.2. The molecule has 0 radical (unpaired) electrons. The molecule has 64 heavy (non-hydrogen) atoms. The van der Waals surface area contributed by atoms with E-state index >= 15 is 0 Å². The van der Waals surface area contributed by atoms with E-state index in [9.17, 15) is 0 Å². The summed E-state index contributed by atoms with van der Waals surface area (Å²) in [5, 5.41) is 5.30. The van der Waals surface area contributed by atoms with E-state index in [1.807, 2.05) is 0 Å². The van der Waals surface area contributed by atoms with Gasteiger partial charge in [0.1, 0.15) is 0 Å². The molecule has 0 aromatic heterocycles. The van der Waals surface area contributed by atoms with Crippen molar-refractivity contribution in [2.24, 2.45) is 11.8 Å². The maximum atomic E-state index is 2.85. The van der Waals surface area contributed by atoms with Gasteiger partial charge in [0.15, 0.2) is 8.07 Å². The van der Waals surface area contributed by atoms with Crippen LogP contribution in [0.25, 0.3) is 0 Å². The van der Waals surface area contributed by atoms with Crippen molar-refractivity contribution in [3.8, 4) is 0 Å². The normalized spacial score (nSPS) is 17.1. The number of aryl methyl sites for hydroxylation is 6. The van der Waals surface area contributed by atoms with Crippen molar-refractivity contribution in [1.29, 1.82) is 0 Å². The van der Waals surface area contributed by atoms with E-state index in [1.165, 1.54) is 205 Å². The van der Waals surface area contributed by atoms with Crippen LogP contribution in [-0.2, 0) is 38.5 Å². The Morgan fingerprint density at radius 2 is 0.547 bits per heavy atom. The predicted molar refractivity (Wildman–Crippen MR) is 289 cm³/mol. The second-order valence-electron chi connectivity index (χ2n) is 21.1. The fraction of sp³-hybridized carbons (Fsp3) is 0.651. The lowest BCUT2D eigenvalue weighted by atomic mass is 9.92. The molecule has 1 heteroatoms. The fourth-order valence-electron chi connectivity index (χ4n) is 11.9. The highest BCUT2D eigenvalue weighted by molar-refractivity contribution is 7.12. The average Bonchev–Trinajstić information content (AvgIpc) is 3.75. The Labute approximate surface area is 398 Å². The molecule has 3 aromatic rings. The number of hydrogen-bond acceptors (Lipinski definition) is 0. The van der Waals surface area contributed by atoms with Gasteiger partial charge in [0.25, 0.3) is 0 Å². The van der Waals surface area contributed by atoms with Crippen LogP contribution in [0.2, 0.25) is 5.54 Å². The summed E-state index contributed by atoms with van der Waals surface area (Å²) in [6.07, 6.45) is 51.9. The summed E-state index contributed by atoms with van der Waals surface area (Å²) >= 11 is 0. The molecule has 2 aliphatic carbocycles. The highest BCUT2D eigenvalue weighted by Crippen LogP contribution is 2.48. The van der Waals surface area contributed by atoms with E-state index in [0.717, 1.165) is 0 Å². The molecule has 2 aliphatic rings. The highest BCUT2D eigenvalue weighted by atomic mass is 28.3. The zero-order valence-corrected chi connectivity index (χ0v) is 43.9. The standard InChI is InChI=1S/C63H98Si/c1-7-13-19-25-33-52-41-53(34-26-20-14-8-2)45-60(44-52)64(63-50-58-39-31-32-40-59(58)51-63,61-46-54(35-27-21-15-9-3)42-55(47-61)36-28-22-16-10-4)62-48-56(37-29-23-17-11-5)43-57(49-62)38-30-24-18-12-6/h31-32,39-49,58-59,63H,7-30,33-38,50-51H2,1-6H3. The Balaban J connectivity index is 1.83. The lowest BCUT2D eigenvalue weighted by Crippen LogP contribution is -2.70. The highest BCUT2D eigenvalue weighted by Gasteiger charge is 2.51. The summed E-state index contributed by atoms with van der Waals surface area (Å²) in [6, 6.07) is 25.2. The summed E-state index contributed by atoms with van der Waals surface area (Å²) in [4.78, 5) is 0. The van der Waals surface area contributed by atoms with E-state index in [-0.39, 0.29) is 0 Å². The zero-order valence-electron chi connectivity index (χ0n) is 42.9. The molecular formula is C63H98Si. The molecule has 0 amide bonds. The Bertz CT molecular complexity index is 1510. The van der Waals surface area contributed by atoms with Crippen molar-refractivity contribution in [3.05, 3.63) is 112 Å². The fourth-order valence-corrected chi connectivity index (χ4v) is 18.0. The first-order valence-corrected chi connectivity index (χ1v) is 30.3. The van der Waals surface area contributed by atoms with Crippen LogP contribution in [-0.4, -0.2) is 8.07 Å². The number of hydrogen-bond donors (Lipinski definition) is 0. The number of allylic oxidation sites excluding steroid dienone is 4. The quantitative estimate of drug-likeness (QED) is 0.0318. The van der Waals surface area contributed by atoms with Crippen LogP contribution in [0.5, 0.6) is 0 Å². The molecule has 0 aliphatic heterocycles. The van der Waals surface area contributed by atoms with E-state index < -0.39 is 8.07 Å². The van der Waals surface area contributed by atoms with Gasteiger partial charge < -0.3 is 0 Å². The minimum Gasteiger partial charge on any atom is -0.0808 e.